The van der Waals surface area contributed by atoms with Crippen LogP contribution >= 0.6 is 11.3 Å². The number of halogens is 3. The van der Waals surface area contributed by atoms with E-state index in [1.807, 2.05) is 4.90 Å². The number of piperazine rings is 1. The molecular formula is C21H19F3N8OS. The number of nitrogens with zero attached hydrogens (tertiary/aromatic N) is 8. The molecule has 2 aromatic heterocycles. The van der Waals surface area contributed by atoms with Gasteiger partial charge in [0.2, 0.25) is 5.95 Å². The van der Waals surface area contributed by atoms with Crippen LogP contribution in [0, 0.1) is 24.4 Å². The molecule has 34 heavy (non-hydrogen) atoms. The number of aryl methyl sites for hydroxylation is 1. The van der Waals surface area contributed by atoms with Crippen LogP contribution in [-0.4, -0.2) is 68.5 Å². The molecule has 5 rings (SSSR count). The molecule has 0 N–H and O–H groups in total. The van der Waals surface area contributed by atoms with E-state index in [9.17, 15) is 18.0 Å². The van der Waals surface area contributed by atoms with Crippen LogP contribution in [0.1, 0.15) is 23.0 Å². The molecule has 0 aliphatic carbocycles. The van der Waals surface area contributed by atoms with Crippen molar-refractivity contribution in [2.75, 3.05) is 31.1 Å². The lowest BCUT2D eigenvalue weighted by atomic mass is 10.0. The summed E-state index contributed by atoms with van der Waals surface area (Å²) < 4.78 is 41.7. The average molecular weight is 488 g/mol. The zero-order chi connectivity index (χ0) is 23.8. The molecule has 3 aromatic rings. The zero-order valence-corrected chi connectivity index (χ0v) is 18.8. The van der Waals surface area contributed by atoms with E-state index in [4.69, 9.17) is 0 Å². The van der Waals surface area contributed by atoms with Crippen LogP contribution in [0.5, 0.6) is 0 Å². The Labute approximate surface area is 196 Å². The molecule has 1 fully saturated rings. The van der Waals surface area contributed by atoms with Gasteiger partial charge >= 0.3 is 6.03 Å². The summed E-state index contributed by atoms with van der Waals surface area (Å²) in [6.45, 7) is 3.31. The molecule has 0 spiro atoms. The Morgan fingerprint density at radius 2 is 1.79 bits per heavy atom. The molecular weight excluding hydrogens is 469 g/mol. The van der Waals surface area contributed by atoms with Crippen LogP contribution in [0.3, 0.4) is 0 Å². The van der Waals surface area contributed by atoms with Crippen LogP contribution in [-0.2, 0) is 0 Å². The molecule has 0 saturated carbocycles. The average Bonchev–Trinajstić information content (AvgIpc) is 3.48. The Hall–Kier alpha value is -3.61. The van der Waals surface area contributed by atoms with Crippen molar-refractivity contribution >= 4 is 29.5 Å². The highest BCUT2D eigenvalue weighted by Gasteiger charge is 2.34. The second-order valence-corrected chi connectivity index (χ2v) is 9.03. The fraction of sp³-hybridized carbons (Fsp3) is 0.333. The largest absolute Gasteiger partial charge is 0.341 e. The maximum atomic E-state index is 14.3. The maximum absolute atomic E-state index is 14.3. The van der Waals surface area contributed by atoms with E-state index >= 15 is 0 Å². The van der Waals surface area contributed by atoms with Crippen molar-refractivity contribution in [1.82, 2.24) is 30.1 Å². The van der Waals surface area contributed by atoms with Crippen molar-refractivity contribution in [3.63, 3.8) is 0 Å². The number of carbonyl (C=O) groups is 1. The van der Waals surface area contributed by atoms with Gasteiger partial charge in [-0.25, -0.2) is 32.9 Å². The van der Waals surface area contributed by atoms with Gasteiger partial charge in [-0.1, -0.05) is 11.3 Å². The summed E-state index contributed by atoms with van der Waals surface area (Å²) in [6, 6.07) is 2.29. The Kier molecular flexibility index (Phi) is 5.86. The lowest BCUT2D eigenvalue weighted by molar-refractivity contribution is 0.139. The maximum Gasteiger partial charge on any atom is 0.341 e. The highest BCUT2D eigenvalue weighted by atomic mass is 32.1. The van der Waals surface area contributed by atoms with Crippen molar-refractivity contribution in [2.45, 2.75) is 19.4 Å². The van der Waals surface area contributed by atoms with E-state index < -0.39 is 23.5 Å². The van der Waals surface area contributed by atoms with E-state index in [1.165, 1.54) is 28.5 Å². The Balaban J connectivity index is 1.27. The van der Waals surface area contributed by atoms with E-state index in [2.05, 4.69) is 25.3 Å². The first kappa shape index (κ1) is 22.2. The molecule has 13 heteroatoms. The molecule has 9 nitrogen and oxygen atoms in total. The standard InChI is InChI=1S/C21H19F3N8OS/c1-12-28-29-19(34-12)18-16(24)11-25-20(27-18)30-4-6-31(7-5-30)21(33)32-17(2-3-26-32)13-8-14(22)10-15(23)9-13/h3,8-11,17H,2,4-7H2,1H3/t17-/m0/s1. The third-order valence-corrected chi connectivity index (χ3v) is 6.43. The molecule has 2 aliphatic heterocycles. The molecule has 2 amide bonds. The third kappa shape index (κ3) is 4.30. The normalized spacial score (nSPS) is 18.1. The molecule has 1 aromatic carbocycles. The van der Waals surface area contributed by atoms with Gasteiger partial charge in [-0.05, 0) is 24.6 Å². The minimum atomic E-state index is -0.703. The summed E-state index contributed by atoms with van der Waals surface area (Å²) in [4.78, 5) is 25.0. The summed E-state index contributed by atoms with van der Waals surface area (Å²) >= 11 is 1.24. The van der Waals surface area contributed by atoms with E-state index in [1.54, 1.807) is 18.0 Å². The Morgan fingerprint density at radius 3 is 2.47 bits per heavy atom. The summed E-state index contributed by atoms with van der Waals surface area (Å²) in [5, 5.41) is 14.3. The van der Waals surface area contributed by atoms with Gasteiger partial charge in [0.25, 0.3) is 0 Å². The van der Waals surface area contributed by atoms with Gasteiger partial charge in [0, 0.05) is 44.9 Å². The fourth-order valence-electron chi connectivity index (χ4n) is 3.94. The monoisotopic (exact) mass is 488 g/mol. The topological polar surface area (TPSA) is 90.7 Å². The number of carbonyl (C=O) groups excluding carboxylic acids is 1. The minimum absolute atomic E-state index is 0.0886. The smallest absolute Gasteiger partial charge is 0.337 e. The third-order valence-electron chi connectivity index (χ3n) is 5.59. The highest BCUT2D eigenvalue weighted by Crippen LogP contribution is 2.31. The molecule has 1 saturated heterocycles. The minimum Gasteiger partial charge on any atom is -0.337 e. The number of hydrogen-bond donors (Lipinski definition) is 0. The van der Waals surface area contributed by atoms with E-state index in [0.717, 1.165) is 12.3 Å². The van der Waals surface area contributed by atoms with Gasteiger partial charge in [-0.2, -0.15) is 5.10 Å². The predicted molar refractivity (Wildman–Crippen MR) is 119 cm³/mol. The van der Waals surface area contributed by atoms with Gasteiger partial charge in [-0.15, -0.1) is 10.2 Å². The lowest BCUT2D eigenvalue weighted by Gasteiger charge is -2.37. The van der Waals surface area contributed by atoms with Crippen LogP contribution in [0.15, 0.2) is 29.5 Å². The van der Waals surface area contributed by atoms with Crippen LogP contribution < -0.4 is 4.90 Å². The van der Waals surface area contributed by atoms with Crippen molar-refractivity contribution in [2.24, 2.45) is 5.10 Å². The van der Waals surface area contributed by atoms with E-state index in [0.29, 0.717) is 54.1 Å². The number of hydrogen-bond acceptors (Lipinski definition) is 8. The first-order chi connectivity index (χ1) is 16.4. The summed E-state index contributed by atoms with van der Waals surface area (Å²) in [5.74, 6) is -1.65. The summed E-state index contributed by atoms with van der Waals surface area (Å²) in [6.07, 6.45) is 3.03. The Morgan fingerprint density at radius 1 is 1.06 bits per heavy atom. The molecule has 2 aliphatic rings. The molecule has 1 atom stereocenters. The number of hydrazone groups is 1. The number of benzene rings is 1. The molecule has 176 valence electrons. The van der Waals surface area contributed by atoms with Crippen molar-refractivity contribution in [3.05, 3.63) is 52.4 Å². The van der Waals surface area contributed by atoms with Gasteiger partial charge < -0.3 is 9.80 Å². The number of rotatable bonds is 3. The van der Waals surface area contributed by atoms with Crippen molar-refractivity contribution in [1.29, 1.82) is 0 Å². The second-order valence-electron chi connectivity index (χ2n) is 7.85. The van der Waals surface area contributed by atoms with Crippen molar-refractivity contribution in [3.8, 4) is 10.7 Å². The molecule has 0 bridgehead atoms. The first-order valence-corrected chi connectivity index (χ1v) is 11.4. The van der Waals surface area contributed by atoms with E-state index in [-0.39, 0.29) is 11.7 Å². The van der Waals surface area contributed by atoms with Crippen molar-refractivity contribution < 1.29 is 18.0 Å². The molecule has 0 unspecified atom stereocenters. The number of amides is 2. The number of urea groups is 1. The zero-order valence-electron chi connectivity index (χ0n) is 18.0. The quantitative estimate of drug-likeness (QED) is 0.561. The van der Waals surface area contributed by atoms with Gasteiger partial charge in [0.05, 0.1) is 12.2 Å². The SMILES string of the molecule is Cc1nnc(-c2nc(N3CCN(C(=O)N4N=CC[C@H]4c4cc(F)cc(F)c4)CC3)ncc2F)s1. The predicted octanol–water partition coefficient (Wildman–Crippen LogP) is 3.40. The van der Waals surface area contributed by atoms with Gasteiger partial charge in [0.15, 0.2) is 10.8 Å². The van der Waals surface area contributed by atoms with Crippen LogP contribution in [0.25, 0.3) is 10.7 Å². The lowest BCUT2D eigenvalue weighted by Crippen LogP contribution is -2.52. The Bertz CT molecular complexity index is 1240. The van der Waals surface area contributed by atoms with Crippen LogP contribution in [0.2, 0.25) is 0 Å². The fourth-order valence-corrected chi connectivity index (χ4v) is 4.62. The molecule has 4 heterocycles. The molecule has 0 radical (unpaired) electrons. The summed E-state index contributed by atoms with van der Waals surface area (Å²) in [7, 11) is 0. The van der Waals surface area contributed by atoms with Crippen LogP contribution in [0.4, 0.5) is 23.9 Å². The summed E-state index contributed by atoms with van der Waals surface area (Å²) in [5.41, 5.74) is 0.437. The van der Waals surface area contributed by atoms with Gasteiger partial charge in [0.1, 0.15) is 22.3 Å². The first-order valence-electron chi connectivity index (χ1n) is 10.5. The number of anilines is 1. The highest BCUT2D eigenvalue weighted by molar-refractivity contribution is 7.14. The number of aromatic nitrogens is 4. The van der Waals surface area contributed by atoms with Gasteiger partial charge in [-0.3, -0.25) is 0 Å². The second kappa shape index (κ2) is 8.97.